The van der Waals surface area contributed by atoms with Gasteiger partial charge in [-0.2, -0.15) is 0 Å². The molecule has 0 spiro atoms. The van der Waals surface area contributed by atoms with Gasteiger partial charge >= 0.3 is 6.03 Å². The van der Waals surface area contributed by atoms with E-state index in [-0.39, 0.29) is 6.03 Å². The van der Waals surface area contributed by atoms with Crippen LogP contribution in [-0.4, -0.2) is 19.6 Å². The number of carbonyl (C=O) groups is 1. The first-order valence-electron chi connectivity index (χ1n) is 3.51. The maximum atomic E-state index is 10.6. The molecule has 10 heavy (non-hydrogen) atoms. The molecule has 0 bridgehead atoms. The van der Waals surface area contributed by atoms with Crippen molar-refractivity contribution in [3.05, 3.63) is 0 Å². The zero-order chi connectivity index (χ0) is 7.82. The standard InChI is InChI=1S/C6H15N3O/c1-3-4-5-8-6(10)9-7-2/h7H,3-5H2,1-2H3,(H2,8,9,10). The third-order valence-corrected chi connectivity index (χ3v) is 1.05. The lowest BCUT2D eigenvalue weighted by molar-refractivity contribution is 0.237. The van der Waals surface area contributed by atoms with E-state index in [1.54, 1.807) is 7.05 Å². The zero-order valence-corrected chi connectivity index (χ0v) is 6.53. The Hall–Kier alpha value is -0.770. The number of urea groups is 1. The maximum Gasteiger partial charge on any atom is 0.329 e. The van der Waals surface area contributed by atoms with Gasteiger partial charge in [-0.05, 0) is 6.42 Å². The Balaban J connectivity index is 3.05. The van der Waals surface area contributed by atoms with Gasteiger partial charge in [0.05, 0.1) is 0 Å². The first kappa shape index (κ1) is 9.23. The second-order valence-corrected chi connectivity index (χ2v) is 1.98. The van der Waals surface area contributed by atoms with E-state index < -0.39 is 0 Å². The summed E-state index contributed by atoms with van der Waals surface area (Å²) in [5.74, 6) is 0. The van der Waals surface area contributed by atoms with Gasteiger partial charge < -0.3 is 5.32 Å². The average molecular weight is 145 g/mol. The fraction of sp³-hybridized carbons (Fsp3) is 0.833. The molecule has 0 aromatic heterocycles. The fourth-order valence-corrected chi connectivity index (χ4v) is 0.536. The van der Waals surface area contributed by atoms with Crippen molar-refractivity contribution in [2.45, 2.75) is 19.8 Å². The Bertz CT molecular complexity index is 95.0. The lowest BCUT2D eigenvalue weighted by Gasteiger charge is -2.03. The third kappa shape index (κ3) is 5.37. The Labute approximate surface area is 61.3 Å². The lowest BCUT2D eigenvalue weighted by atomic mass is 10.3. The highest BCUT2D eigenvalue weighted by atomic mass is 16.2. The van der Waals surface area contributed by atoms with Crippen LogP contribution in [0.2, 0.25) is 0 Å². The van der Waals surface area contributed by atoms with Crippen molar-refractivity contribution in [3.8, 4) is 0 Å². The minimum absolute atomic E-state index is 0.170. The first-order chi connectivity index (χ1) is 4.81. The minimum atomic E-state index is -0.170. The van der Waals surface area contributed by atoms with Crippen molar-refractivity contribution in [2.24, 2.45) is 0 Å². The van der Waals surface area contributed by atoms with Crippen LogP contribution in [0.4, 0.5) is 4.79 Å². The zero-order valence-electron chi connectivity index (χ0n) is 6.53. The van der Waals surface area contributed by atoms with Crippen LogP contribution in [0.25, 0.3) is 0 Å². The van der Waals surface area contributed by atoms with Gasteiger partial charge in [-0.3, -0.25) is 5.43 Å². The van der Waals surface area contributed by atoms with Crippen molar-refractivity contribution in [2.75, 3.05) is 13.6 Å². The van der Waals surface area contributed by atoms with E-state index in [9.17, 15) is 4.79 Å². The van der Waals surface area contributed by atoms with Crippen LogP contribution in [-0.2, 0) is 0 Å². The van der Waals surface area contributed by atoms with Gasteiger partial charge in [0.15, 0.2) is 0 Å². The highest BCUT2D eigenvalue weighted by Gasteiger charge is 1.93. The van der Waals surface area contributed by atoms with Crippen molar-refractivity contribution in [3.63, 3.8) is 0 Å². The molecule has 0 aromatic carbocycles. The Morgan fingerprint density at radius 3 is 2.70 bits per heavy atom. The predicted octanol–water partition coefficient (Wildman–Crippen LogP) is 0.220. The SMILES string of the molecule is CCCCNC(=O)NNC. The summed E-state index contributed by atoms with van der Waals surface area (Å²) in [5, 5.41) is 2.67. The molecule has 2 amide bonds. The molecule has 0 saturated heterocycles. The monoisotopic (exact) mass is 145 g/mol. The molecule has 4 heteroatoms. The van der Waals surface area contributed by atoms with E-state index in [4.69, 9.17) is 0 Å². The van der Waals surface area contributed by atoms with Crippen LogP contribution in [0, 0.1) is 0 Å². The summed E-state index contributed by atoms with van der Waals surface area (Å²) in [6.45, 7) is 2.82. The Morgan fingerprint density at radius 1 is 1.50 bits per heavy atom. The molecular weight excluding hydrogens is 130 g/mol. The fourth-order valence-electron chi connectivity index (χ4n) is 0.536. The highest BCUT2D eigenvalue weighted by molar-refractivity contribution is 5.73. The summed E-state index contributed by atoms with van der Waals surface area (Å²) in [5.41, 5.74) is 4.94. The summed E-state index contributed by atoms with van der Waals surface area (Å²) in [4.78, 5) is 10.6. The molecule has 0 aromatic rings. The number of hydrazine groups is 1. The van der Waals surface area contributed by atoms with Gasteiger partial charge in [-0.25, -0.2) is 10.2 Å². The predicted molar refractivity (Wildman–Crippen MR) is 40.5 cm³/mol. The Kier molecular flexibility index (Phi) is 5.86. The van der Waals surface area contributed by atoms with Crippen LogP contribution in [0.1, 0.15) is 19.8 Å². The molecule has 0 aliphatic carbocycles. The van der Waals surface area contributed by atoms with Gasteiger partial charge in [0, 0.05) is 13.6 Å². The van der Waals surface area contributed by atoms with Crippen molar-refractivity contribution >= 4 is 6.03 Å². The summed E-state index contributed by atoms with van der Waals surface area (Å²) >= 11 is 0. The van der Waals surface area contributed by atoms with Gasteiger partial charge in [-0.15, -0.1) is 0 Å². The van der Waals surface area contributed by atoms with Gasteiger partial charge in [0.1, 0.15) is 0 Å². The summed E-state index contributed by atoms with van der Waals surface area (Å²) in [6, 6.07) is -0.170. The van der Waals surface area contributed by atoms with Gasteiger partial charge in [0.2, 0.25) is 0 Å². The van der Waals surface area contributed by atoms with Crippen LogP contribution in [0.5, 0.6) is 0 Å². The summed E-state index contributed by atoms with van der Waals surface area (Å²) in [6.07, 6.45) is 2.12. The number of amides is 2. The smallest absolute Gasteiger partial charge is 0.329 e. The molecular formula is C6H15N3O. The quantitative estimate of drug-likeness (QED) is 0.391. The molecule has 0 saturated carbocycles. The normalized spacial score (nSPS) is 9.00. The molecule has 60 valence electrons. The average Bonchev–Trinajstić information content (AvgIpc) is 1.89. The number of carbonyl (C=O) groups excluding carboxylic acids is 1. The van der Waals surface area contributed by atoms with Gasteiger partial charge in [-0.1, -0.05) is 13.3 Å². The molecule has 0 fully saturated rings. The summed E-state index contributed by atoms with van der Waals surface area (Å²) in [7, 11) is 1.65. The van der Waals surface area contributed by atoms with E-state index in [1.165, 1.54) is 0 Å². The molecule has 0 unspecified atom stereocenters. The number of hydrogen-bond acceptors (Lipinski definition) is 2. The molecule has 0 aliphatic rings. The maximum absolute atomic E-state index is 10.6. The molecule has 0 rings (SSSR count). The number of nitrogens with one attached hydrogen (secondary N) is 3. The second kappa shape index (κ2) is 6.35. The number of unbranched alkanes of at least 4 members (excludes halogenated alkanes) is 1. The topological polar surface area (TPSA) is 53.2 Å². The Morgan fingerprint density at radius 2 is 2.20 bits per heavy atom. The number of hydrogen-bond donors (Lipinski definition) is 3. The molecule has 4 nitrogen and oxygen atoms in total. The van der Waals surface area contributed by atoms with Crippen molar-refractivity contribution in [1.29, 1.82) is 0 Å². The van der Waals surface area contributed by atoms with Crippen LogP contribution >= 0.6 is 0 Å². The molecule has 0 aliphatic heterocycles. The van der Waals surface area contributed by atoms with Crippen molar-refractivity contribution < 1.29 is 4.79 Å². The van der Waals surface area contributed by atoms with E-state index in [0.717, 1.165) is 19.4 Å². The van der Waals surface area contributed by atoms with Gasteiger partial charge in [0.25, 0.3) is 0 Å². The molecule has 0 heterocycles. The van der Waals surface area contributed by atoms with E-state index >= 15 is 0 Å². The minimum Gasteiger partial charge on any atom is -0.337 e. The van der Waals surface area contributed by atoms with E-state index in [2.05, 4.69) is 23.1 Å². The lowest BCUT2D eigenvalue weighted by Crippen LogP contribution is -2.42. The number of rotatable bonds is 4. The largest absolute Gasteiger partial charge is 0.337 e. The molecule has 0 atom stereocenters. The second-order valence-electron chi connectivity index (χ2n) is 1.98. The van der Waals surface area contributed by atoms with Crippen LogP contribution < -0.4 is 16.2 Å². The highest BCUT2D eigenvalue weighted by Crippen LogP contribution is 1.81. The van der Waals surface area contributed by atoms with E-state index in [1.807, 2.05) is 0 Å². The summed E-state index contributed by atoms with van der Waals surface area (Å²) < 4.78 is 0. The van der Waals surface area contributed by atoms with E-state index in [0.29, 0.717) is 0 Å². The van der Waals surface area contributed by atoms with Crippen molar-refractivity contribution in [1.82, 2.24) is 16.2 Å². The molecule has 0 radical (unpaired) electrons. The third-order valence-electron chi connectivity index (χ3n) is 1.05. The first-order valence-corrected chi connectivity index (χ1v) is 3.51. The van der Waals surface area contributed by atoms with Crippen LogP contribution in [0.15, 0.2) is 0 Å². The molecule has 3 N–H and O–H groups in total. The van der Waals surface area contributed by atoms with Crippen LogP contribution in [0.3, 0.4) is 0 Å².